The lowest BCUT2D eigenvalue weighted by Crippen LogP contribution is -2.43. The summed E-state index contributed by atoms with van der Waals surface area (Å²) in [6.07, 6.45) is 2.55. The molecular weight excluding hydrogens is 634 g/mol. The number of amides is 1. The molecule has 0 atom stereocenters. The van der Waals surface area contributed by atoms with Crippen molar-refractivity contribution in [2.24, 2.45) is 18.7 Å². The Bertz CT molecular complexity index is 1920. The molecule has 1 aliphatic carbocycles. The summed E-state index contributed by atoms with van der Waals surface area (Å²) in [4.78, 5) is 40.2. The van der Waals surface area contributed by atoms with Gasteiger partial charge in [-0.15, -0.1) is 0 Å². The number of hydrogen-bond donors (Lipinski definition) is 3. The topological polar surface area (TPSA) is 186 Å². The maximum absolute atomic E-state index is 13.4. The Hall–Kier alpha value is -5.14. The number of nitrogens with one attached hydrogen (secondary N) is 1. The number of benzene rings is 3. The van der Waals surface area contributed by atoms with Crippen molar-refractivity contribution in [2.45, 2.75) is 50.2 Å². The summed E-state index contributed by atoms with van der Waals surface area (Å²) in [5.41, 5.74) is 8.74. The highest BCUT2D eigenvalue weighted by Gasteiger charge is 2.32. The molecule has 0 radical (unpaired) electrons. The summed E-state index contributed by atoms with van der Waals surface area (Å²) >= 11 is 0. The van der Waals surface area contributed by atoms with Gasteiger partial charge in [-0.3, -0.25) is 24.3 Å². The Morgan fingerprint density at radius 3 is 2.17 bits per heavy atom. The molecule has 0 unspecified atom stereocenters. The first-order valence-electron chi connectivity index (χ1n) is 15.3. The van der Waals surface area contributed by atoms with E-state index in [4.69, 9.17) is 20.4 Å². The zero-order chi connectivity index (χ0) is 35.0. The molecule has 3 aromatic carbocycles. The van der Waals surface area contributed by atoms with Crippen molar-refractivity contribution in [1.82, 2.24) is 14.7 Å². The van der Waals surface area contributed by atoms with Crippen LogP contribution in [0, 0.1) is 18.3 Å². The third-order valence-electron chi connectivity index (χ3n) is 8.23. The van der Waals surface area contributed by atoms with Crippen LogP contribution < -0.4 is 11.3 Å². The van der Waals surface area contributed by atoms with E-state index in [1.807, 2.05) is 37.3 Å². The van der Waals surface area contributed by atoms with Gasteiger partial charge in [-0.1, -0.05) is 72.3 Å². The van der Waals surface area contributed by atoms with Gasteiger partial charge < -0.3 is 15.4 Å². The van der Waals surface area contributed by atoms with Gasteiger partial charge in [0.25, 0.3) is 21.6 Å². The van der Waals surface area contributed by atoms with Crippen LogP contribution in [-0.2, 0) is 33.3 Å². The van der Waals surface area contributed by atoms with Crippen molar-refractivity contribution in [3.8, 4) is 11.3 Å². The molecule has 1 fully saturated rings. The van der Waals surface area contributed by atoms with Crippen LogP contribution in [0.5, 0.6) is 0 Å². The maximum Gasteiger partial charge on any atom is 0.309 e. The predicted molar refractivity (Wildman–Crippen MR) is 181 cm³/mol. The summed E-state index contributed by atoms with van der Waals surface area (Å²) in [5.74, 6) is -0.821. The van der Waals surface area contributed by atoms with Crippen LogP contribution in [0.25, 0.3) is 11.3 Å². The number of carbonyl (C=O) groups excluding carboxylic acids is 2. The third-order valence-corrected chi connectivity index (χ3v) is 9.09. The van der Waals surface area contributed by atoms with Gasteiger partial charge >= 0.3 is 5.97 Å². The predicted octanol–water partition coefficient (Wildman–Crippen LogP) is 4.35. The Balaban J connectivity index is 0.000000401. The molecule has 4 aromatic rings. The number of nitrogens with two attached hydrogens (primary N) is 1. The molecule has 0 saturated heterocycles. The van der Waals surface area contributed by atoms with E-state index in [9.17, 15) is 22.8 Å². The number of nitrogens with zero attached hydrogens (tertiary/aromatic N) is 3. The maximum atomic E-state index is 13.4. The average molecular weight is 674 g/mol. The molecule has 5 rings (SSSR count). The Morgan fingerprint density at radius 1 is 1.00 bits per heavy atom. The van der Waals surface area contributed by atoms with Crippen LogP contribution in [0.1, 0.15) is 52.7 Å². The van der Waals surface area contributed by atoms with E-state index in [1.54, 1.807) is 48.3 Å². The van der Waals surface area contributed by atoms with Crippen molar-refractivity contribution in [1.29, 1.82) is 5.41 Å². The second kappa shape index (κ2) is 15.6. The number of nitrogen functional groups attached to an aromatic ring is 1. The van der Waals surface area contributed by atoms with E-state index < -0.39 is 15.7 Å². The van der Waals surface area contributed by atoms with Gasteiger partial charge in [0.15, 0.2) is 0 Å². The quantitative estimate of drug-likeness (QED) is 0.106. The monoisotopic (exact) mass is 673 g/mol. The number of aryl methyl sites for hydroxylation is 2. The van der Waals surface area contributed by atoms with Crippen LogP contribution >= 0.6 is 0 Å². The van der Waals surface area contributed by atoms with Crippen molar-refractivity contribution < 1.29 is 27.3 Å². The Kier molecular flexibility index (Phi) is 11.6. The SMILES string of the molecule is CN(C(=O)c1cc(-c2ccc(C(=N)N)cc2)nn(C)c1=O)C1CCC(C(=O)OCc2ccccc2)CC1.Cc1ccc(S(=O)(=O)O)cc1. The van der Waals surface area contributed by atoms with Gasteiger partial charge in [0, 0.05) is 31.3 Å². The highest BCUT2D eigenvalue weighted by molar-refractivity contribution is 7.85. The number of rotatable bonds is 8. The summed E-state index contributed by atoms with van der Waals surface area (Å²) in [6.45, 7) is 2.09. The first-order chi connectivity index (χ1) is 22.7. The summed E-state index contributed by atoms with van der Waals surface area (Å²) in [7, 11) is -0.810. The summed E-state index contributed by atoms with van der Waals surface area (Å²) < 4.78 is 36.2. The first kappa shape index (κ1) is 35.7. The van der Waals surface area contributed by atoms with Crippen LogP contribution in [0.15, 0.2) is 94.6 Å². The molecule has 0 aliphatic heterocycles. The number of carbonyl (C=O) groups is 2. The highest BCUT2D eigenvalue weighted by atomic mass is 32.2. The third kappa shape index (κ3) is 9.23. The molecule has 4 N–H and O–H groups in total. The minimum absolute atomic E-state index is 0.0371. The number of aromatic nitrogens is 2. The zero-order valence-electron chi connectivity index (χ0n) is 27.0. The molecule has 1 saturated carbocycles. The molecule has 0 spiro atoms. The van der Waals surface area contributed by atoms with Gasteiger partial charge in [-0.2, -0.15) is 13.5 Å². The lowest BCUT2D eigenvalue weighted by Gasteiger charge is -2.34. The van der Waals surface area contributed by atoms with Crippen LogP contribution in [-0.4, -0.2) is 58.5 Å². The number of esters is 1. The Labute approximate surface area is 279 Å². The smallest absolute Gasteiger partial charge is 0.309 e. The second-order valence-corrected chi connectivity index (χ2v) is 13.1. The largest absolute Gasteiger partial charge is 0.461 e. The van der Waals surface area contributed by atoms with Gasteiger partial charge in [-0.25, -0.2) is 4.68 Å². The van der Waals surface area contributed by atoms with Gasteiger partial charge in [0.05, 0.1) is 16.5 Å². The molecule has 0 bridgehead atoms. The molecular formula is C35H39N5O7S. The highest BCUT2D eigenvalue weighted by Crippen LogP contribution is 2.29. The van der Waals surface area contributed by atoms with Gasteiger partial charge in [0.1, 0.15) is 18.0 Å². The van der Waals surface area contributed by atoms with E-state index in [1.165, 1.54) is 25.2 Å². The van der Waals surface area contributed by atoms with Crippen LogP contribution in [0.4, 0.5) is 0 Å². The fourth-order valence-corrected chi connectivity index (χ4v) is 5.81. The second-order valence-electron chi connectivity index (χ2n) is 11.7. The first-order valence-corrected chi connectivity index (χ1v) is 16.7. The fraction of sp³-hybridized carbons (Fsp3) is 0.286. The van der Waals surface area contributed by atoms with E-state index in [0.29, 0.717) is 42.5 Å². The molecule has 48 heavy (non-hydrogen) atoms. The van der Waals surface area contributed by atoms with E-state index in [2.05, 4.69) is 5.10 Å². The molecule has 1 heterocycles. The van der Waals surface area contributed by atoms with Crippen molar-refractivity contribution >= 4 is 27.8 Å². The average Bonchev–Trinajstić information content (AvgIpc) is 3.08. The fourth-order valence-electron chi connectivity index (χ4n) is 5.33. The molecule has 12 nitrogen and oxygen atoms in total. The molecule has 1 amide bonds. The van der Waals surface area contributed by atoms with Gasteiger partial charge in [0.2, 0.25) is 0 Å². The minimum Gasteiger partial charge on any atom is -0.461 e. The number of ether oxygens (including phenoxy) is 1. The number of hydrogen-bond acceptors (Lipinski definition) is 8. The molecule has 13 heteroatoms. The van der Waals surface area contributed by atoms with Crippen LogP contribution in [0.2, 0.25) is 0 Å². The zero-order valence-corrected chi connectivity index (χ0v) is 27.8. The van der Waals surface area contributed by atoms with E-state index in [-0.39, 0.29) is 46.7 Å². The van der Waals surface area contributed by atoms with E-state index >= 15 is 0 Å². The van der Waals surface area contributed by atoms with Crippen molar-refractivity contribution in [3.05, 3.63) is 118 Å². The van der Waals surface area contributed by atoms with Crippen molar-refractivity contribution in [3.63, 3.8) is 0 Å². The standard InChI is InChI=1S/C28H31N5O4.C7H8O3S/c1-32(22-14-12-21(13-15-22)28(36)37-17-18-6-4-3-5-7-18)26(34)23-16-24(31-33(2)27(23)35)19-8-10-20(11-9-19)25(29)30;1-6-2-4-7(5-3-6)11(8,9)10/h3-11,16,21-22H,12-15,17H2,1-2H3,(H3,29,30);2-5H,1H3,(H,8,9,10). The molecule has 252 valence electrons. The van der Waals surface area contributed by atoms with Crippen molar-refractivity contribution in [2.75, 3.05) is 7.05 Å². The normalized spacial score (nSPS) is 15.8. The Morgan fingerprint density at radius 2 is 1.60 bits per heavy atom. The van der Waals surface area contributed by atoms with Crippen LogP contribution in [0.3, 0.4) is 0 Å². The summed E-state index contributed by atoms with van der Waals surface area (Å²) in [6, 6.07) is 23.9. The molecule has 1 aliphatic rings. The van der Waals surface area contributed by atoms with Gasteiger partial charge in [-0.05, 0) is 56.4 Å². The lowest BCUT2D eigenvalue weighted by atomic mass is 9.85. The minimum atomic E-state index is -4.02. The lowest BCUT2D eigenvalue weighted by molar-refractivity contribution is -0.151. The van der Waals surface area contributed by atoms with E-state index in [0.717, 1.165) is 15.8 Å². The number of amidine groups is 1. The molecule has 1 aromatic heterocycles. The summed E-state index contributed by atoms with van der Waals surface area (Å²) in [5, 5.41) is 11.8.